The Morgan fingerprint density at radius 3 is 2.56 bits per heavy atom. The van der Waals surface area contributed by atoms with Crippen LogP contribution >= 0.6 is 23.2 Å². The number of nitrogens with one attached hydrogen (secondary N) is 1. The van der Waals surface area contributed by atoms with E-state index >= 15 is 0 Å². The van der Waals surface area contributed by atoms with Crippen molar-refractivity contribution in [2.45, 2.75) is 18.2 Å². The van der Waals surface area contributed by atoms with E-state index in [9.17, 15) is 18.0 Å². The minimum Gasteiger partial charge on any atom is -0.398 e. The molecule has 4 aromatic rings. The van der Waals surface area contributed by atoms with Crippen molar-refractivity contribution < 1.29 is 27.6 Å². The molecule has 1 aliphatic rings. The minimum atomic E-state index is -4.83. The van der Waals surface area contributed by atoms with Crippen LogP contribution in [-0.2, 0) is 15.3 Å². The summed E-state index contributed by atoms with van der Waals surface area (Å²) in [5, 5.41) is 18.9. The molecule has 1 amide bonds. The van der Waals surface area contributed by atoms with Crippen LogP contribution in [0.1, 0.15) is 28.0 Å². The maximum absolute atomic E-state index is 14.5. The lowest BCUT2D eigenvalue weighted by Gasteiger charge is -2.29. The molecule has 0 bridgehead atoms. The number of alkyl halides is 3. The maximum Gasteiger partial charge on any atom is 0.435 e. The molecular weight excluding hydrogens is 560 g/mol. The fraction of sp³-hybridized carbons (Fsp3) is 0.160. The van der Waals surface area contributed by atoms with Crippen molar-refractivity contribution >= 4 is 51.9 Å². The van der Waals surface area contributed by atoms with Gasteiger partial charge in [0.25, 0.3) is 11.5 Å². The summed E-state index contributed by atoms with van der Waals surface area (Å²) in [6.45, 7) is 0. The number of rotatable bonds is 6. The molecule has 0 aliphatic carbocycles. The quantitative estimate of drug-likeness (QED) is 0.182. The molecule has 0 spiro atoms. The normalized spacial score (nSPS) is 17.3. The molecule has 39 heavy (non-hydrogen) atoms. The van der Waals surface area contributed by atoms with Gasteiger partial charge in [-0.1, -0.05) is 69.1 Å². The van der Waals surface area contributed by atoms with Crippen LogP contribution in [0.15, 0.2) is 71.1 Å². The van der Waals surface area contributed by atoms with E-state index in [1.807, 2.05) is 0 Å². The predicted molar refractivity (Wildman–Crippen MR) is 138 cm³/mol. The monoisotopic (exact) mass is 576 g/mol. The van der Waals surface area contributed by atoms with Crippen LogP contribution < -0.4 is 5.32 Å². The van der Waals surface area contributed by atoms with E-state index in [1.54, 1.807) is 36.4 Å². The number of hydrogen-bond acceptors (Lipinski definition) is 7. The molecule has 0 fully saturated rings. The van der Waals surface area contributed by atoms with E-state index in [-0.39, 0.29) is 27.0 Å². The van der Waals surface area contributed by atoms with Crippen LogP contribution in [0, 0.1) is 0 Å². The van der Waals surface area contributed by atoms with E-state index in [4.69, 9.17) is 28.0 Å². The first-order chi connectivity index (χ1) is 18.6. The number of aromatic nitrogens is 3. The van der Waals surface area contributed by atoms with Crippen LogP contribution in [0.25, 0.3) is 16.5 Å². The number of nitrogens with zero attached hydrogens (tertiary/aromatic N) is 5. The fourth-order valence-electron chi connectivity index (χ4n) is 4.27. The van der Waals surface area contributed by atoms with Crippen LogP contribution in [0.3, 0.4) is 0 Å². The van der Waals surface area contributed by atoms with Gasteiger partial charge in [0.2, 0.25) is 0 Å². The molecule has 200 valence electrons. The summed E-state index contributed by atoms with van der Waals surface area (Å²) in [5.74, 6) is -0.565. The van der Waals surface area contributed by atoms with Gasteiger partial charge in [0.05, 0.1) is 17.6 Å². The molecule has 1 unspecified atom stereocenters. The van der Waals surface area contributed by atoms with E-state index in [2.05, 4.69) is 30.8 Å². The van der Waals surface area contributed by atoms with Crippen LogP contribution in [0.2, 0.25) is 10.0 Å². The van der Waals surface area contributed by atoms with Crippen molar-refractivity contribution in [3.05, 3.63) is 87.7 Å². The number of halogens is 5. The fourth-order valence-corrected chi connectivity index (χ4v) is 4.79. The van der Waals surface area contributed by atoms with Crippen molar-refractivity contribution in [3.8, 4) is 5.69 Å². The van der Waals surface area contributed by atoms with Crippen molar-refractivity contribution in [3.63, 3.8) is 0 Å². The summed E-state index contributed by atoms with van der Waals surface area (Å²) in [5.41, 5.74) is -1.96. The molecular formula is C25H17Cl2F3N6O3. The maximum atomic E-state index is 14.5. The first kappa shape index (κ1) is 26.4. The standard InChI is InChI=1S/C25H17Cl2F3N6O3/c1-38-32-13-31-23(37)21-12-36(35-33-21)22-7-6-18(17-4-2-3-5-19(17)22)20-11-24(39-34-20,25(28,29)30)14-8-15(26)10-16(27)9-14/h2-10,12-13H,11H2,1H3,(H,31,32,37). The average molecular weight is 577 g/mol. The molecule has 5 rings (SSSR count). The average Bonchev–Trinajstić information content (AvgIpc) is 3.56. The summed E-state index contributed by atoms with van der Waals surface area (Å²) >= 11 is 12.0. The number of oxime groups is 2. The third-order valence-corrected chi connectivity index (χ3v) is 6.49. The molecule has 1 N–H and O–H groups in total. The number of fused-ring (bicyclic) bond motifs is 1. The Morgan fingerprint density at radius 1 is 1.15 bits per heavy atom. The van der Waals surface area contributed by atoms with Gasteiger partial charge in [0.15, 0.2) is 5.69 Å². The van der Waals surface area contributed by atoms with Gasteiger partial charge in [0, 0.05) is 33.0 Å². The Kier molecular flexibility index (Phi) is 6.91. The van der Waals surface area contributed by atoms with Gasteiger partial charge in [-0.25, -0.2) is 4.68 Å². The summed E-state index contributed by atoms with van der Waals surface area (Å²) in [6, 6.07) is 14.0. The number of hydrogen-bond donors (Lipinski definition) is 1. The smallest absolute Gasteiger partial charge is 0.398 e. The van der Waals surface area contributed by atoms with Gasteiger partial charge in [-0.2, -0.15) is 13.2 Å². The zero-order valence-corrected chi connectivity index (χ0v) is 21.4. The Morgan fingerprint density at radius 2 is 1.87 bits per heavy atom. The molecule has 3 aromatic carbocycles. The molecule has 0 saturated heterocycles. The molecule has 2 heterocycles. The van der Waals surface area contributed by atoms with E-state index in [0.29, 0.717) is 22.0 Å². The highest BCUT2D eigenvalue weighted by Crippen LogP contribution is 2.50. The second kappa shape index (κ2) is 10.2. The second-order valence-electron chi connectivity index (χ2n) is 8.41. The Balaban J connectivity index is 1.52. The lowest BCUT2D eigenvalue weighted by atomic mass is 9.85. The lowest BCUT2D eigenvalue weighted by Crippen LogP contribution is -2.42. The Hall–Kier alpha value is -4.16. The molecule has 0 radical (unpaired) electrons. The van der Waals surface area contributed by atoms with Gasteiger partial charge >= 0.3 is 6.18 Å². The van der Waals surface area contributed by atoms with Crippen LogP contribution in [0.5, 0.6) is 0 Å². The van der Waals surface area contributed by atoms with Crippen molar-refractivity contribution in [2.24, 2.45) is 10.3 Å². The third kappa shape index (κ3) is 4.88. The Labute approximate surface area is 228 Å². The molecule has 9 nitrogen and oxygen atoms in total. The first-order valence-corrected chi connectivity index (χ1v) is 12.0. The number of carbonyl (C=O) groups excluding carboxylic acids is 1. The zero-order valence-electron chi connectivity index (χ0n) is 19.9. The third-order valence-electron chi connectivity index (χ3n) is 6.05. The Bertz CT molecular complexity index is 1620. The molecule has 1 atom stereocenters. The van der Waals surface area contributed by atoms with Gasteiger partial charge in [-0.15, -0.1) is 5.10 Å². The largest absolute Gasteiger partial charge is 0.435 e. The number of benzene rings is 3. The van der Waals surface area contributed by atoms with Crippen molar-refractivity contribution in [1.82, 2.24) is 20.3 Å². The zero-order chi connectivity index (χ0) is 27.8. The second-order valence-corrected chi connectivity index (χ2v) is 9.28. The highest BCUT2D eigenvalue weighted by molar-refractivity contribution is 6.34. The number of carbonyl (C=O) groups is 1. The first-order valence-electron chi connectivity index (χ1n) is 11.2. The summed E-state index contributed by atoms with van der Waals surface area (Å²) < 4.78 is 44.8. The van der Waals surface area contributed by atoms with Gasteiger partial charge < -0.3 is 15.0 Å². The highest BCUT2D eigenvalue weighted by Gasteiger charge is 2.62. The molecule has 0 saturated carbocycles. The van der Waals surface area contributed by atoms with Gasteiger partial charge in [-0.05, 0) is 29.7 Å². The van der Waals surface area contributed by atoms with Gasteiger partial charge in [0.1, 0.15) is 13.4 Å². The lowest BCUT2D eigenvalue weighted by molar-refractivity contribution is -0.275. The van der Waals surface area contributed by atoms with Crippen LogP contribution in [-0.4, -0.2) is 46.2 Å². The predicted octanol–water partition coefficient (Wildman–Crippen LogP) is 5.63. The topological polar surface area (TPSA) is 103 Å². The van der Waals surface area contributed by atoms with Crippen molar-refractivity contribution in [1.29, 1.82) is 0 Å². The van der Waals surface area contributed by atoms with Crippen molar-refractivity contribution in [2.75, 3.05) is 7.11 Å². The SMILES string of the molecule is CO/N=C/NC(=O)c1cn(-c2ccc(C3=NOC(c4cc(Cl)cc(Cl)c4)(C(F)(F)F)C3)c3ccccc23)nn1. The minimum absolute atomic E-state index is 0.00872. The van der Waals surface area contributed by atoms with E-state index < -0.39 is 24.1 Å². The molecule has 1 aromatic heterocycles. The number of amides is 1. The summed E-state index contributed by atoms with van der Waals surface area (Å²) in [7, 11) is 1.33. The highest BCUT2D eigenvalue weighted by atomic mass is 35.5. The summed E-state index contributed by atoms with van der Waals surface area (Å²) in [4.78, 5) is 21.9. The molecule has 14 heteroatoms. The summed E-state index contributed by atoms with van der Waals surface area (Å²) in [6.07, 6.45) is -2.96. The molecule has 1 aliphatic heterocycles. The van der Waals surface area contributed by atoms with Gasteiger partial charge in [-0.3, -0.25) is 4.79 Å². The van der Waals surface area contributed by atoms with E-state index in [1.165, 1.54) is 36.2 Å². The van der Waals surface area contributed by atoms with E-state index in [0.717, 1.165) is 6.34 Å². The van der Waals surface area contributed by atoms with Crippen LogP contribution in [0.4, 0.5) is 13.2 Å².